The SMILES string of the molecule is COC(=O)/C(C)=C\CC12OC(C)(C)C3CC(C=C4C(=O)c5c(c(CC=C(C)C)c6c7c5OC(=O)CC7=CC(C)(CCC=C(C)C)O6)OC431)C2=O. The van der Waals surface area contributed by atoms with Gasteiger partial charge in [0.05, 0.1) is 24.7 Å². The molecule has 9 heteroatoms. The first-order valence-corrected chi connectivity index (χ1v) is 17.6. The summed E-state index contributed by atoms with van der Waals surface area (Å²) < 4.78 is 32.0. The number of esters is 2. The second kappa shape index (κ2) is 11.4. The molecule has 4 heterocycles. The maximum atomic E-state index is 15.2. The first kappa shape index (κ1) is 34.2. The normalized spacial score (nSPS) is 30.8. The second-order valence-corrected chi connectivity index (χ2v) is 15.9. The van der Waals surface area contributed by atoms with Crippen molar-refractivity contribution in [1.29, 1.82) is 0 Å². The van der Waals surface area contributed by atoms with E-state index in [2.05, 4.69) is 26.0 Å². The van der Waals surface area contributed by atoms with Crippen LogP contribution in [0, 0.1) is 11.8 Å². The Morgan fingerprint density at radius 3 is 2.32 bits per heavy atom. The van der Waals surface area contributed by atoms with Crippen molar-refractivity contribution in [2.45, 2.75) is 116 Å². The van der Waals surface area contributed by atoms with Crippen molar-refractivity contribution >= 4 is 29.1 Å². The Morgan fingerprint density at radius 2 is 1.64 bits per heavy atom. The lowest BCUT2D eigenvalue weighted by molar-refractivity contribution is -0.171. The fourth-order valence-electron chi connectivity index (χ4n) is 9.14. The molecular weight excluding hydrogens is 636 g/mol. The molecule has 5 unspecified atom stereocenters. The van der Waals surface area contributed by atoms with Crippen LogP contribution in [0.4, 0.5) is 0 Å². The molecule has 7 aliphatic rings. The van der Waals surface area contributed by atoms with Gasteiger partial charge in [-0.05, 0) is 92.7 Å². The minimum atomic E-state index is -1.60. The summed E-state index contributed by atoms with van der Waals surface area (Å²) in [4.78, 5) is 55.4. The third kappa shape index (κ3) is 4.75. The van der Waals surface area contributed by atoms with Gasteiger partial charge in [0.25, 0.3) is 0 Å². The van der Waals surface area contributed by atoms with Gasteiger partial charge in [-0.1, -0.05) is 35.5 Å². The Morgan fingerprint density at radius 1 is 0.940 bits per heavy atom. The summed E-state index contributed by atoms with van der Waals surface area (Å²) in [6, 6.07) is 0. The van der Waals surface area contributed by atoms with Crippen LogP contribution in [0.3, 0.4) is 0 Å². The Kier molecular flexibility index (Phi) is 7.79. The van der Waals surface area contributed by atoms with E-state index in [1.807, 2.05) is 40.7 Å². The standard InChI is InChI=1S/C41H46O9/c1-21(2)11-10-15-39(8)20-25-19-29(42)47-35-30(25)33(48-39)26(13-12-22(3)4)34-31(35)32(43)27-17-24-18-28-38(6,7)50-40(36(24)44,41(27,28)49-34)16-14-23(5)37(45)46-9/h11-12,14,17,20,24,28H,10,13,15-16,18-19H2,1-9H3/b23-14-. The minimum Gasteiger partial charge on any atom is -0.482 e. The highest BCUT2D eigenvalue weighted by atomic mass is 16.6. The number of hydrogen-bond donors (Lipinski definition) is 0. The van der Waals surface area contributed by atoms with Crippen molar-refractivity contribution in [3.63, 3.8) is 0 Å². The summed E-state index contributed by atoms with van der Waals surface area (Å²) >= 11 is 0. The molecule has 1 saturated carbocycles. The quantitative estimate of drug-likeness (QED) is 0.121. The second-order valence-electron chi connectivity index (χ2n) is 15.9. The smallest absolute Gasteiger partial charge is 0.333 e. The summed E-state index contributed by atoms with van der Waals surface area (Å²) in [6.07, 6.45) is 11.9. The van der Waals surface area contributed by atoms with E-state index in [4.69, 9.17) is 23.7 Å². The highest BCUT2D eigenvalue weighted by Crippen LogP contribution is 2.69. The zero-order valence-electron chi connectivity index (χ0n) is 30.5. The Hall–Kier alpha value is -4.24. The van der Waals surface area contributed by atoms with E-state index in [9.17, 15) is 14.4 Å². The van der Waals surface area contributed by atoms with Crippen LogP contribution in [0.2, 0.25) is 0 Å². The molecule has 0 amide bonds. The van der Waals surface area contributed by atoms with E-state index in [0.29, 0.717) is 47.3 Å². The summed E-state index contributed by atoms with van der Waals surface area (Å²) in [7, 11) is 1.30. The summed E-state index contributed by atoms with van der Waals surface area (Å²) in [5.74, 6) is -1.56. The Bertz CT molecular complexity index is 1930. The van der Waals surface area contributed by atoms with Crippen molar-refractivity contribution < 1.29 is 42.9 Å². The molecule has 1 aromatic carbocycles. The number of ketones is 2. The molecule has 0 N–H and O–H groups in total. The van der Waals surface area contributed by atoms with Gasteiger partial charge in [-0.25, -0.2) is 4.79 Å². The minimum absolute atomic E-state index is 0.00502. The lowest BCUT2D eigenvalue weighted by atomic mass is 9.51. The number of methoxy groups -OCH3 is 1. The molecule has 8 rings (SSSR count). The molecule has 1 aromatic rings. The third-order valence-corrected chi connectivity index (χ3v) is 11.3. The van der Waals surface area contributed by atoms with E-state index in [1.54, 1.807) is 19.1 Å². The molecule has 1 spiro atoms. The van der Waals surface area contributed by atoms with Gasteiger partial charge in [-0.2, -0.15) is 0 Å². The van der Waals surface area contributed by atoms with Gasteiger partial charge in [0, 0.05) is 35.0 Å². The number of carbonyl (C=O) groups excluding carboxylic acids is 4. The van der Waals surface area contributed by atoms with Crippen LogP contribution in [0.5, 0.6) is 17.2 Å². The molecule has 5 atom stereocenters. The van der Waals surface area contributed by atoms with Crippen LogP contribution in [-0.2, 0) is 30.3 Å². The van der Waals surface area contributed by atoms with Gasteiger partial charge in [-0.3, -0.25) is 14.4 Å². The van der Waals surface area contributed by atoms with E-state index in [0.717, 1.165) is 17.6 Å². The highest BCUT2D eigenvalue weighted by Gasteiger charge is 2.81. The summed E-state index contributed by atoms with van der Waals surface area (Å²) in [5.41, 5.74) is 0.414. The van der Waals surface area contributed by atoms with Crippen molar-refractivity contribution in [1.82, 2.24) is 0 Å². The maximum absolute atomic E-state index is 15.2. The predicted molar refractivity (Wildman–Crippen MR) is 186 cm³/mol. The van der Waals surface area contributed by atoms with E-state index in [1.165, 1.54) is 12.7 Å². The molecule has 0 radical (unpaired) electrons. The van der Waals surface area contributed by atoms with Crippen LogP contribution in [-0.4, -0.2) is 53.0 Å². The molecule has 9 nitrogen and oxygen atoms in total. The fourth-order valence-corrected chi connectivity index (χ4v) is 9.14. The molecule has 2 fully saturated rings. The zero-order valence-corrected chi connectivity index (χ0v) is 30.5. The number of ether oxygens (including phenoxy) is 5. The van der Waals surface area contributed by atoms with Gasteiger partial charge in [0.2, 0.25) is 0 Å². The molecule has 4 aliphatic heterocycles. The van der Waals surface area contributed by atoms with E-state index >= 15 is 4.79 Å². The average Bonchev–Trinajstić information content (AvgIpc) is 3.19. The first-order valence-electron chi connectivity index (χ1n) is 17.6. The number of allylic oxidation sites excluding steroid dienone is 5. The van der Waals surface area contributed by atoms with Crippen molar-refractivity contribution in [2.24, 2.45) is 11.8 Å². The largest absolute Gasteiger partial charge is 0.482 e. The van der Waals surface area contributed by atoms with Crippen molar-refractivity contribution in [3.05, 3.63) is 69.4 Å². The molecule has 1 saturated heterocycles. The molecule has 0 aromatic heterocycles. The molecule has 4 bridgehead atoms. The molecule has 50 heavy (non-hydrogen) atoms. The number of rotatable bonds is 8. The lowest BCUT2D eigenvalue weighted by Gasteiger charge is -2.56. The van der Waals surface area contributed by atoms with Gasteiger partial charge in [0.1, 0.15) is 22.7 Å². The van der Waals surface area contributed by atoms with E-state index in [-0.39, 0.29) is 47.4 Å². The fraction of sp³-hybridized carbons (Fsp3) is 0.512. The number of hydrogen-bond acceptors (Lipinski definition) is 9. The number of Topliss-reactive ketones (excluding diaryl/α,β-unsaturated/α-hetero) is 2. The number of carbonyl (C=O) groups is 4. The summed E-state index contributed by atoms with van der Waals surface area (Å²) in [6.45, 7) is 15.6. The first-order chi connectivity index (χ1) is 23.5. The average molecular weight is 683 g/mol. The number of benzene rings is 1. The molecule has 3 aliphatic carbocycles. The Labute approximate surface area is 293 Å². The Balaban J connectivity index is 1.49. The highest BCUT2D eigenvalue weighted by molar-refractivity contribution is 6.20. The topological polar surface area (TPSA) is 114 Å². The van der Waals surface area contributed by atoms with Gasteiger partial charge < -0.3 is 23.7 Å². The maximum Gasteiger partial charge on any atom is 0.333 e. The monoisotopic (exact) mass is 682 g/mol. The van der Waals surface area contributed by atoms with Crippen LogP contribution < -0.4 is 14.2 Å². The van der Waals surface area contributed by atoms with E-state index < -0.39 is 40.3 Å². The van der Waals surface area contributed by atoms with Gasteiger partial charge in [0.15, 0.2) is 28.5 Å². The van der Waals surface area contributed by atoms with Crippen molar-refractivity contribution in [3.8, 4) is 17.2 Å². The van der Waals surface area contributed by atoms with Gasteiger partial charge in [-0.15, -0.1) is 0 Å². The van der Waals surface area contributed by atoms with Gasteiger partial charge >= 0.3 is 11.9 Å². The third-order valence-electron chi connectivity index (χ3n) is 11.3. The zero-order chi connectivity index (χ0) is 36.1. The molecule has 264 valence electrons. The number of fused-ring (bicyclic) bond motifs is 2. The van der Waals surface area contributed by atoms with Crippen LogP contribution in [0.25, 0.3) is 5.57 Å². The molecular formula is C41H46O9. The van der Waals surface area contributed by atoms with Crippen molar-refractivity contribution in [2.75, 3.05) is 7.11 Å². The van der Waals surface area contributed by atoms with Crippen LogP contribution in [0.15, 0.2) is 52.7 Å². The predicted octanol–water partition coefficient (Wildman–Crippen LogP) is 7.30. The summed E-state index contributed by atoms with van der Waals surface area (Å²) in [5, 5.41) is 0. The van der Waals surface area contributed by atoms with Crippen LogP contribution >= 0.6 is 0 Å². The lowest BCUT2D eigenvalue weighted by Crippen LogP contribution is -2.72. The van der Waals surface area contributed by atoms with Crippen LogP contribution in [0.1, 0.15) is 109 Å².